The fourth-order valence-electron chi connectivity index (χ4n) is 2.61. The molecule has 1 N–H and O–H groups in total. The van der Waals surface area contributed by atoms with Crippen LogP contribution in [0.2, 0.25) is 0 Å². The number of carbonyl (C=O) groups excluding carboxylic acids is 1. The number of aryl methyl sites for hydroxylation is 2. The van der Waals surface area contributed by atoms with Crippen LogP contribution in [-0.2, 0) is 17.9 Å². The molecule has 106 valence electrons. The molecule has 1 fully saturated rings. The van der Waals surface area contributed by atoms with E-state index in [0.29, 0.717) is 0 Å². The molecule has 1 aliphatic rings. The monoisotopic (exact) mass is 328 g/mol. The number of halogens is 1. The smallest absolute Gasteiger partial charge is 0.217 e. The maximum Gasteiger partial charge on any atom is 0.217 e. The minimum absolute atomic E-state index is 0.0578. The van der Waals surface area contributed by atoms with Crippen molar-refractivity contribution in [3.8, 4) is 0 Å². The lowest BCUT2D eigenvalue weighted by atomic mass is 10.2. The van der Waals surface area contributed by atoms with Gasteiger partial charge in [-0.1, -0.05) is 0 Å². The van der Waals surface area contributed by atoms with Crippen LogP contribution in [-0.4, -0.2) is 39.7 Å². The van der Waals surface area contributed by atoms with Gasteiger partial charge in [0.2, 0.25) is 5.91 Å². The summed E-state index contributed by atoms with van der Waals surface area (Å²) in [6, 6.07) is 0.287. The van der Waals surface area contributed by atoms with E-state index in [1.807, 2.05) is 11.6 Å². The van der Waals surface area contributed by atoms with Gasteiger partial charge < -0.3 is 5.32 Å². The first-order valence-electron chi connectivity index (χ1n) is 6.72. The lowest BCUT2D eigenvalue weighted by Gasteiger charge is -2.17. The van der Waals surface area contributed by atoms with Crippen molar-refractivity contribution in [1.82, 2.24) is 20.0 Å². The number of carbonyl (C=O) groups is 1. The molecule has 1 aromatic rings. The van der Waals surface area contributed by atoms with Crippen molar-refractivity contribution >= 4 is 21.8 Å². The molecular formula is C13H21BrN4O. The van der Waals surface area contributed by atoms with E-state index in [4.69, 9.17) is 0 Å². The summed E-state index contributed by atoms with van der Waals surface area (Å²) in [4.78, 5) is 13.4. The van der Waals surface area contributed by atoms with Gasteiger partial charge in [-0.25, -0.2) is 0 Å². The van der Waals surface area contributed by atoms with Crippen LogP contribution in [0, 0.1) is 6.92 Å². The highest BCUT2D eigenvalue weighted by molar-refractivity contribution is 9.10. The zero-order valence-corrected chi connectivity index (χ0v) is 13.3. The zero-order valence-electron chi connectivity index (χ0n) is 11.7. The number of likely N-dealkylation sites (tertiary alicyclic amines) is 1. The highest BCUT2D eigenvalue weighted by Crippen LogP contribution is 2.24. The normalized spacial score (nSPS) is 19.9. The number of nitrogens with zero attached hydrogens (tertiary/aromatic N) is 3. The maximum absolute atomic E-state index is 11.1. The molecule has 0 bridgehead atoms. The van der Waals surface area contributed by atoms with Gasteiger partial charge in [0.25, 0.3) is 0 Å². The Kier molecular flexibility index (Phi) is 4.62. The molecule has 2 rings (SSSR count). The highest BCUT2D eigenvalue weighted by atomic mass is 79.9. The summed E-state index contributed by atoms with van der Waals surface area (Å²) >= 11 is 3.62. The molecule has 1 saturated heterocycles. The van der Waals surface area contributed by atoms with Crippen LogP contribution >= 0.6 is 15.9 Å². The van der Waals surface area contributed by atoms with Gasteiger partial charge in [-0.3, -0.25) is 14.4 Å². The average molecular weight is 329 g/mol. The Morgan fingerprint density at radius 3 is 2.95 bits per heavy atom. The van der Waals surface area contributed by atoms with Crippen LogP contribution in [0.25, 0.3) is 0 Å². The SMILES string of the molecule is CCn1nc(C)c(Br)c1CN1CCC(NC(C)=O)C1. The van der Waals surface area contributed by atoms with E-state index in [-0.39, 0.29) is 11.9 Å². The second-order valence-electron chi connectivity index (χ2n) is 5.08. The van der Waals surface area contributed by atoms with E-state index < -0.39 is 0 Å². The van der Waals surface area contributed by atoms with Gasteiger partial charge in [0.1, 0.15) is 0 Å². The molecular weight excluding hydrogens is 308 g/mol. The molecule has 1 atom stereocenters. The summed E-state index contributed by atoms with van der Waals surface area (Å²) in [6.45, 7) is 9.40. The molecule has 19 heavy (non-hydrogen) atoms. The standard InChI is InChI=1S/C13H21BrN4O/c1-4-18-12(13(14)9(2)16-18)8-17-6-5-11(7-17)15-10(3)19/h11H,4-8H2,1-3H3,(H,15,19). The van der Waals surface area contributed by atoms with Crippen molar-refractivity contribution < 1.29 is 4.79 Å². The van der Waals surface area contributed by atoms with Crippen molar-refractivity contribution in [3.05, 3.63) is 15.9 Å². The number of hydrogen-bond acceptors (Lipinski definition) is 3. The van der Waals surface area contributed by atoms with Crippen molar-refractivity contribution in [2.45, 2.75) is 46.3 Å². The van der Waals surface area contributed by atoms with E-state index in [0.717, 1.165) is 42.8 Å². The van der Waals surface area contributed by atoms with E-state index in [1.54, 1.807) is 6.92 Å². The lowest BCUT2D eigenvalue weighted by Crippen LogP contribution is -2.35. The Morgan fingerprint density at radius 1 is 1.58 bits per heavy atom. The molecule has 0 aliphatic carbocycles. The minimum atomic E-state index is 0.0578. The topological polar surface area (TPSA) is 50.2 Å². The van der Waals surface area contributed by atoms with Crippen LogP contribution in [0.1, 0.15) is 31.7 Å². The predicted molar refractivity (Wildman–Crippen MR) is 77.8 cm³/mol. The Bertz CT molecular complexity index is 471. The molecule has 2 heterocycles. The first kappa shape index (κ1) is 14.5. The molecule has 6 heteroatoms. The van der Waals surface area contributed by atoms with E-state index in [2.05, 4.69) is 38.2 Å². The van der Waals surface area contributed by atoms with Crippen molar-refractivity contribution in [2.75, 3.05) is 13.1 Å². The van der Waals surface area contributed by atoms with Gasteiger partial charge in [-0.05, 0) is 36.2 Å². The highest BCUT2D eigenvalue weighted by Gasteiger charge is 2.25. The van der Waals surface area contributed by atoms with Gasteiger partial charge in [0.05, 0.1) is 15.9 Å². The third kappa shape index (κ3) is 3.36. The van der Waals surface area contributed by atoms with E-state index in [1.165, 1.54) is 5.69 Å². The third-order valence-electron chi connectivity index (χ3n) is 3.51. The fourth-order valence-corrected chi connectivity index (χ4v) is 3.02. The number of nitrogens with one attached hydrogen (secondary N) is 1. The molecule has 1 aromatic heterocycles. The quantitative estimate of drug-likeness (QED) is 0.914. The summed E-state index contributed by atoms with van der Waals surface area (Å²) in [5.74, 6) is 0.0578. The largest absolute Gasteiger partial charge is 0.352 e. The first-order chi connectivity index (χ1) is 9.01. The Morgan fingerprint density at radius 2 is 2.32 bits per heavy atom. The Hall–Kier alpha value is -0.880. The van der Waals surface area contributed by atoms with Crippen molar-refractivity contribution in [1.29, 1.82) is 0 Å². The van der Waals surface area contributed by atoms with Crippen LogP contribution in [0.4, 0.5) is 0 Å². The summed E-state index contributed by atoms with van der Waals surface area (Å²) in [5.41, 5.74) is 2.26. The van der Waals surface area contributed by atoms with E-state index >= 15 is 0 Å². The summed E-state index contributed by atoms with van der Waals surface area (Å²) in [5, 5.41) is 7.50. The van der Waals surface area contributed by atoms with Crippen molar-refractivity contribution in [2.24, 2.45) is 0 Å². The number of aromatic nitrogens is 2. The molecule has 5 nitrogen and oxygen atoms in total. The van der Waals surface area contributed by atoms with Crippen LogP contribution in [0.3, 0.4) is 0 Å². The molecule has 1 unspecified atom stereocenters. The molecule has 0 aromatic carbocycles. The number of hydrogen-bond donors (Lipinski definition) is 1. The zero-order chi connectivity index (χ0) is 14.0. The van der Waals surface area contributed by atoms with E-state index in [9.17, 15) is 4.79 Å². The minimum Gasteiger partial charge on any atom is -0.352 e. The van der Waals surface area contributed by atoms with Gasteiger partial charge in [-0.15, -0.1) is 0 Å². The molecule has 0 saturated carbocycles. The van der Waals surface area contributed by atoms with Gasteiger partial charge in [0, 0.05) is 39.1 Å². The average Bonchev–Trinajstić information content (AvgIpc) is 2.88. The number of amides is 1. The Labute approximate surface area is 122 Å². The van der Waals surface area contributed by atoms with Crippen molar-refractivity contribution in [3.63, 3.8) is 0 Å². The number of rotatable bonds is 4. The summed E-state index contributed by atoms with van der Waals surface area (Å²) in [6.07, 6.45) is 1.02. The molecule has 1 amide bonds. The summed E-state index contributed by atoms with van der Waals surface area (Å²) in [7, 11) is 0. The van der Waals surface area contributed by atoms with Crippen LogP contribution in [0.5, 0.6) is 0 Å². The lowest BCUT2D eigenvalue weighted by molar-refractivity contribution is -0.119. The fraction of sp³-hybridized carbons (Fsp3) is 0.692. The molecule has 0 spiro atoms. The third-order valence-corrected chi connectivity index (χ3v) is 4.54. The Balaban J connectivity index is 2.01. The summed E-state index contributed by atoms with van der Waals surface area (Å²) < 4.78 is 3.16. The molecule has 0 radical (unpaired) electrons. The second-order valence-corrected chi connectivity index (χ2v) is 5.88. The first-order valence-corrected chi connectivity index (χ1v) is 7.51. The maximum atomic E-state index is 11.1. The van der Waals surface area contributed by atoms with Gasteiger partial charge in [0.15, 0.2) is 0 Å². The van der Waals surface area contributed by atoms with Gasteiger partial charge >= 0.3 is 0 Å². The van der Waals surface area contributed by atoms with Gasteiger partial charge in [-0.2, -0.15) is 5.10 Å². The van der Waals surface area contributed by atoms with Crippen LogP contribution in [0.15, 0.2) is 4.47 Å². The second kappa shape index (κ2) is 6.05. The predicted octanol–water partition coefficient (Wildman–Crippen LogP) is 1.68. The molecule has 1 aliphatic heterocycles. The van der Waals surface area contributed by atoms with Crippen LogP contribution < -0.4 is 5.32 Å².